The number of nitrogens with one attached hydrogen (secondary N) is 1. The molecule has 2 rings (SSSR count). The smallest absolute Gasteiger partial charge is 0.305 e. The Kier molecular flexibility index (Phi) is 5.62. The number of nitrogens with zero attached hydrogens (tertiary/aromatic N) is 1. The van der Waals surface area contributed by atoms with Crippen LogP contribution in [0.3, 0.4) is 0 Å². The van der Waals surface area contributed by atoms with Crippen molar-refractivity contribution in [3.63, 3.8) is 0 Å². The normalized spacial score (nSPS) is 24.7. The van der Waals surface area contributed by atoms with Crippen LogP contribution in [-0.2, 0) is 19.1 Å². The predicted octanol–water partition coefficient (Wildman–Crippen LogP) is 0.774. The van der Waals surface area contributed by atoms with Gasteiger partial charge in [0.05, 0.1) is 24.5 Å². The Balaban J connectivity index is 1.96. The largest absolute Gasteiger partial charge is 0.481 e. The number of aliphatic carboxylic acids is 1. The molecule has 0 spiro atoms. The third-order valence-electron chi connectivity index (χ3n) is 4.72. The maximum absolute atomic E-state index is 12.5. The molecule has 2 unspecified atom stereocenters. The number of ether oxygens (including phenoxy) is 1. The Hall–Kier alpha value is -1.63. The van der Waals surface area contributed by atoms with Crippen LogP contribution in [-0.4, -0.2) is 59.6 Å². The number of hydrogen-bond donors (Lipinski definition) is 2. The van der Waals surface area contributed by atoms with E-state index in [-0.39, 0.29) is 37.3 Å². The fourth-order valence-electron chi connectivity index (χ4n) is 3.66. The van der Waals surface area contributed by atoms with Gasteiger partial charge in [0.2, 0.25) is 11.8 Å². The number of carbonyl (C=O) groups is 3. The van der Waals surface area contributed by atoms with Gasteiger partial charge in [-0.25, -0.2) is 0 Å². The Bertz CT molecular complexity index is 475. The molecule has 0 bridgehead atoms. The first-order valence-electron chi connectivity index (χ1n) is 8.17. The predicted molar refractivity (Wildman–Crippen MR) is 82.8 cm³/mol. The van der Waals surface area contributed by atoms with E-state index in [0.29, 0.717) is 6.54 Å². The maximum atomic E-state index is 12.5. The van der Waals surface area contributed by atoms with Crippen molar-refractivity contribution in [2.24, 2.45) is 5.92 Å². The molecule has 1 saturated carbocycles. The topological polar surface area (TPSA) is 95.9 Å². The molecule has 0 aromatic carbocycles. The van der Waals surface area contributed by atoms with Crippen molar-refractivity contribution in [2.75, 3.05) is 20.3 Å². The molecule has 0 aromatic rings. The van der Waals surface area contributed by atoms with Crippen molar-refractivity contribution in [2.45, 2.75) is 57.0 Å². The molecule has 0 radical (unpaired) electrons. The molecule has 2 amide bonds. The second-order valence-electron chi connectivity index (χ2n) is 6.94. The van der Waals surface area contributed by atoms with Gasteiger partial charge in [-0.05, 0) is 19.8 Å². The highest BCUT2D eigenvalue weighted by atomic mass is 16.5. The number of carboxylic acid groups (broad SMARTS) is 1. The van der Waals surface area contributed by atoms with Crippen molar-refractivity contribution in [1.82, 2.24) is 10.2 Å². The van der Waals surface area contributed by atoms with Crippen LogP contribution in [0.5, 0.6) is 0 Å². The van der Waals surface area contributed by atoms with Crippen LogP contribution in [0.4, 0.5) is 0 Å². The van der Waals surface area contributed by atoms with Gasteiger partial charge in [0.1, 0.15) is 0 Å². The molecule has 1 aliphatic heterocycles. The average molecular weight is 326 g/mol. The lowest BCUT2D eigenvalue weighted by molar-refractivity contribution is -0.140. The van der Waals surface area contributed by atoms with Crippen LogP contribution in [0.2, 0.25) is 0 Å². The Morgan fingerprint density at radius 1 is 1.39 bits per heavy atom. The second kappa shape index (κ2) is 7.29. The molecule has 2 fully saturated rings. The summed E-state index contributed by atoms with van der Waals surface area (Å²) in [5.74, 6) is -1.64. The van der Waals surface area contributed by atoms with Gasteiger partial charge >= 0.3 is 5.97 Å². The number of rotatable bonds is 7. The number of amides is 2. The van der Waals surface area contributed by atoms with E-state index in [1.807, 2.05) is 4.90 Å². The number of carboxylic acids is 1. The van der Waals surface area contributed by atoms with Crippen LogP contribution in [0, 0.1) is 5.92 Å². The van der Waals surface area contributed by atoms with Crippen molar-refractivity contribution >= 4 is 17.8 Å². The molecule has 23 heavy (non-hydrogen) atoms. The number of methoxy groups -OCH3 is 1. The molecule has 1 aliphatic carbocycles. The summed E-state index contributed by atoms with van der Waals surface area (Å²) in [6.45, 7) is 2.19. The van der Waals surface area contributed by atoms with Crippen LogP contribution in [0.1, 0.15) is 45.4 Å². The molecule has 2 atom stereocenters. The highest BCUT2D eigenvalue weighted by molar-refractivity contribution is 5.90. The minimum absolute atomic E-state index is 0.0312. The molecular formula is C16H26N2O5. The second-order valence-corrected chi connectivity index (χ2v) is 6.94. The Morgan fingerprint density at radius 2 is 2.04 bits per heavy atom. The summed E-state index contributed by atoms with van der Waals surface area (Å²) in [5, 5.41) is 11.8. The minimum atomic E-state index is -1.00. The number of hydrogen-bond acceptors (Lipinski definition) is 4. The van der Waals surface area contributed by atoms with Crippen LogP contribution in [0.25, 0.3) is 0 Å². The van der Waals surface area contributed by atoms with Crippen molar-refractivity contribution < 1.29 is 24.2 Å². The fraction of sp³-hybridized carbons (Fsp3) is 0.812. The van der Waals surface area contributed by atoms with E-state index in [4.69, 9.17) is 9.84 Å². The molecular weight excluding hydrogens is 300 g/mol. The summed E-state index contributed by atoms with van der Waals surface area (Å²) in [6, 6.07) is 0.268. The summed E-state index contributed by atoms with van der Waals surface area (Å²) in [4.78, 5) is 37.5. The van der Waals surface area contributed by atoms with Gasteiger partial charge in [0.25, 0.3) is 0 Å². The average Bonchev–Trinajstić information content (AvgIpc) is 3.06. The zero-order chi connectivity index (χ0) is 17.0. The van der Waals surface area contributed by atoms with E-state index < -0.39 is 17.4 Å². The summed E-state index contributed by atoms with van der Waals surface area (Å²) < 4.78 is 5.04. The van der Waals surface area contributed by atoms with Gasteiger partial charge in [0, 0.05) is 26.1 Å². The van der Waals surface area contributed by atoms with E-state index in [1.54, 1.807) is 6.92 Å². The van der Waals surface area contributed by atoms with Gasteiger partial charge < -0.3 is 20.1 Å². The zero-order valence-corrected chi connectivity index (χ0v) is 13.8. The third kappa shape index (κ3) is 4.43. The molecule has 0 aromatic heterocycles. The lowest BCUT2D eigenvalue weighted by atomic mass is 9.97. The van der Waals surface area contributed by atoms with Crippen molar-refractivity contribution in [1.29, 1.82) is 0 Å². The Labute approximate surface area is 136 Å². The third-order valence-corrected chi connectivity index (χ3v) is 4.72. The van der Waals surface area contributed by atoms with Crippen LogP contribution in [0.15, 0.2) is 0 Å². The van der Waals surface area contributed by atoms with E-state index in [0.717, 1.165) is 25.7 Å². The van der Waals surface area contributed by atoms with E-state index in [9.17, 15) is 14.4 Å². The van der Waals surface area contributed by atoms with Crippen LogP contribution >= 0.6 is 0 Å². The quantitative estimate of drug-likeness (QED) is 0.720. The van der Waals surface area contributed by atoms with E-state index in [1.165, 1.54) is 7.11 Å². The zero-order valence-electron chi connectivity index (χ0n) is 13.8. The van der Waals surface area contributed by atoms with Crippen LogP contribution < -0.4 is 5.32 Å². The highest BCUT2D eigenvalue weighted by Crippen LogP contribution is 2.29. The number of likely N-dealkylation sites (tertiary alicyclic amines) is 1. The van der Waals surface area contributed by atoms with Gasteiger partial charge in [0.15, 0.2) is 0 Å². The molecule has 1 saturated heterocycles. The molecule has 2 N–H and O–H groups in total. The van der Waals surface area contributed by atoms with Gasteiger partial charge in [-0.1, -0.05) is 12.8 Å². The van der Waals surface area contributed by atoms with Gasteiger partial charge in [-0.2, -0.15) is 0 Å². The molecule has 1 heterocycles. The van der Waals surface area contributed by atoms with Gasteiger partial charge in [-0.3, -0.25) is 14.4 Å². The molecule has 130 valence electrons. The highest BCUT2D eigenvalue weighted by Gasteiger charge is 2.40. The SMILES string of the molecule is COCC(C)(CC(=O)O)NC(=O)C1CC(=O)N(C2CCCC2)C1. The lowest BCUT2D eigenvalue weighted by Crippen LogP contribution is -2.52. The summed E-state index contributed by atoms with van der Waals surface area (Å²) in [6.07, 6.45) is 4.28. The number of carbonyl (C=O) groups excluding carboxylic acids is 2. The summed E-state index contributed by atoms with van der Waals surface area (Å²) in [5.41, 5.74) is -0.971. The van der Waals surface area contributed by atoms with Gasteiger partial charge in [-0.15, -0.1) is 0 Å². The monoisotopic (exact) mass is 326 g/mol. The van der Waals surface area contributed by atoms with Crippen molar-refractivity contribution in [3.05, 3.63) is 0 Å². The standard InChI is InChI=1S/C16H26N2O5/c1-16(10-23-2,8-14(20)21)17-15(22)11-7-13(19)18(9-11)12-5-3-4-6-12/h11-12H,3-10H2,1-2H3,(H,17,22)(H,20,21). The Morgan fingerprint density at radius 3 is 2.61 bits per heavy atom. The first-order chi connectivity index (χ1) is 10.8. The van der Waals surface area contributed by atoms with Crippen molar-refractivity contribution in [3.8, 4) is 0 Å². The first-order valence-corrected chi connectivity index (χ1v) is 8.17. The molecule has 7 nitrogen and oxygen atoms in total. The maximum Gasteiger partial charge on any atom is 0.305 e. The van der Waals surface area contributed by atoms with E-state index in [2.05, 4.69) is 5.32 Å². The first kappa shape index (κ1) is 17.7. The minimum Gasteiger partial charge on any atom is -0.481 e. The molecule has 2 aliphatic rings. The fourth-order valence-corrected chi connectivity index (χ4v) is 3.66. The summed E-state index contributed by atoms with van der Waals surface area (Å²) >= 11 is 0. The summed E-state index contributed by atoms with van der Waals surface area (Å²) in [7, 11) is 1.47. The van der Waals surface area contributed by atoms with E-state index >= 15 is 0 Å². The lowest BCUT2D eigenvalue weighted by Gasteiger charge is -2.30. The molecule has 7 heteroatoms.